The Balaban J connectivity index is 1.60. The molecule has 1 aliphatic heterocycles. The highest BCUT2D eigenvalue weighted by Gasteiger charge is 2.24. The predicted molar refractivity (Wildman–Crippen MR) is 114 cm³/mol. The third kappa shape index (κ3) is 5.48. The van der Waals surface area contributed by atoms with Crippen molar-refractivity contribution in [1.82, 2.24) is 10.2 Å². The summed E-state index contributed by atoms with van der Waals surface area (Å²) >= 11 is 1.64. The van der Waals surface area contributed by atoms with Gasteiger partial charge in [0.25, 0.3) is 0 Å². The lowest BCUT2D eigenvalue weighted by atomic mass is 10.0. The molecule has 2 heterocycles. The van der Waals surface area contributed by atoms with Gasteiger partial charge in [-0.25, -0.2) is 0 Å². The van der Waals surface area contributed by atoms with E-state index in [-0.39, 0.29) is 6.04 Å². The van der Waals surface area contributed by atoms with Gasteiger partial charge in [-0.15, -0.1) is 0 Å². The van der Waals surface area contributed by atoms with Gasteiger partial charge in [0.2, 0.25) is 0 Å². The van der Waals surface area contributed by atoms with Gasteiger partial charge in [-0.2, -0.15) is 11.3 Å². The van der Waals surface area contributed by atoms with E-state index >= 15 is 0 Å². The molecule has 1 aromatic carbocycles. The monoisotopic (exact) mass is 417 g/mol. The number of amides is 2. The Labute approximate surface area is 175 Å². The summed E-state index contributed by atoms with van der Waals surface area (Å²) in [6, 6.07) is 7.12. The first-order valence-corrected chi connectivity index (χ1v) is 10.6. The number of hydrogen-bond donors (Lipinski definition) is 2. The standard InChI is InChI=1S/C21H27N3O4S/c1-27-18-7-6-16(12-19(18)28-2)23-21(26)20(25)22-13-17(15-8-11-29-14-15)24-9-4-3-5-10-24/h6-8,11-12,14,17H,3-5,9-10,13H2,1-2H3,(H,22,25)(H,23,26). The maximum absolute atomic E-state index is 12.4. The zero-order valence-corrected chi connectivity index (χ0v) is 17.6. The number of carbonyl (C=O) groups excluding carboxylic acids is 2. The molecule has 29 heavy (non-hydrogen) atoms. The molecule has 3 rings (SSSR count). The van der Waals surface area contributed by atoms with E-state index in [1.807, 2.05) is 5.38 Å². The molecule has 1 aliphatic rings. The molecule has 7 nitrogen and oxygen atoms in total. The number of nitrogens with zero attached hydrogens (tertiary/aromatic N) is 1. The molecule has 8 heteroatoms. The molecule has 2 amide bonds. The molecule has 0 saturated carbocycles. The zero-order valence-electron chi connectivity index (χ0n) is 16.8. The van der Waals surface area contributed by atoms with Crippen LogP contribution in [0.4, 0.5) is 5.69 Å². The van der Waals surface area contributed by atoms with E-state index in [4.69, 9.17) is 9.47 Å². The fourth-order valence-corrected chi connectivity index (χ4v) is 4.23. The smallest absolute Gasteiger partial charge is 0.313 e. The molecule has 1 aromatic heterocycles. The summed E-state index contributed by atoms with van der Waals surface area (Å²) in [5, 5.41) is 9.55. The van der Waals surface area contributed by atoms with E-state index in [1.54, 1.807) is 29.5 Å². The molecule has 1 atom stereocenters. The molecule has 0 bridgehead atoms. The highest BCUT2D eigenvalue weighted by atomic mass is 32.1. The third-order valence-corrected chi connectivity index (χ3v) is 5.76. The van der Waals surface area contributed by atoms with Crippen LogP contribution in [0.25, 0.3) is 0 Å². The third-order valence-electron chi connectivity index (χ3n) is 5.06. The lowest BCUT2D eigenvalue weighted by Gasteiger charge is -2.34. The Hall–Kier alpha value is -2.58. The molecule has 1 unspecified atom stereocenters. The molecule has 1 fully saturated rings. The van der Waals surface area contributed by atoms with Crippen LogP contribution in [0.5, 0.6) is 11.5 Å². The minimum absolute atomic E-state index is 0.0828. The summed E-state index contributed by atoms with van der Waals surface area (Å²) in [5.74, 6) is -0.333. The van der Waals surface area contributed by atoms with Crippen molar-refractivity contribution in [2.45, 2.75) is 25.3 Å². The van der Waals surface area contributed by atoms with Crippen molar-refractivity contribution in [2.24, 2.45) is 0 Å². The van der Waals surface area contributed by atoms with Crippen LogP contribution in [0.3, 0.4) is 0 Å². The van der Waals surface area contributed by atoms with Gasteiger partial charge in [0, 0.05) is 18.3 Å². The number of thiophene rings is 1. The highest BCUT2D eigenvalue weighted by Crippen LogP contribution is 2.30. The van der Waals surface area contributed by atoms with Crippen LogP contribution in [0, 0.1) is 0 Å². The van der Waals surface area contributed by atoms with Crippen LogP contribution >= 0.6 is 11.3 Å². The summed E-state index contributed by atoms with van der Waals surface area (Å²) in [5.41, 5.74) is 1.64. The first-order valence-electron chi connectivity index (χ1n) is 9.69. The molecule has 0 aliphatic carbocycles. The van der Waals surface area contributed by atoms with Crippen molar-refractivity contribution in [3.63, 3.8) is 0 Å². The van der Waals surface area contributed by atoms with Gasteiger partial charge in [-0.05, 0) is 60.5 Å². The van der Waals surface area contributed by atoms with E-state index < -0.39 is 11.8 Å². The maximum Gasteiger partial charge on any atom is 0.313 e. The van der Waals surface area contributed by atoms with Crippen LogP contribution in [-0.4, -0.2) is 50.6 Å². The fraction of sp³-hybridized carbons (Fsp3) is 0.429. The van der Waals surface area contributed by atoms with Crippen LogP contribution in [0.1, 0.15) is 30.9 Å². The Morgan fingerprint density at radius 2 is 1.83 bits per heavy atom. The lowest BCUT2D eigenvalue weighted by Crippen LogP contribution is -2.43. The molecular formula is C21H27N3O4S. The van der Waals surface area contributed by atoms with E-state index in [0.717, 1.165) is 25.9 Å². The summed E-state index contributed by atoms with van der Waals surface area (Å²) in [4.78, 5) is 27.1. The molecule has 2 aromatic rings. The second-order valence-electron chi connectivity index (χ2n) is 6.90. The largest absolute Gasteiger partial charge is 0.493 e. The van der Waals surface area contributed by atoms with Crippen LogP contribution in [-0.2, 0) is 9.59 Å². The number of ether oxygens (including phenoxy) is 2. The van der Waals surface area contributed by atoms with E-state index in [9.17, 15) is 9.59 Å². The average Bonchev–Trinajstić information content (AvgIpc) is 3.29. The number of carbonyl (C=O) groups is 2. The topological polar surface area (TPSA) is 79.9 Å². The molecule has 156 valence electrons. The van der Waals surface area contributed by atoms with Crippen LogP contribution in [0.15, 0.2) is 35.0 Å². The van der Waals surface area contributed by atoms with Gasteiger partial charge in [0.15, 0.2) is 11.5 Å². The van der Waals surface area contributed by atoms with Gasteiger partial charge < -0.3 is 20.1 Å². The van der Waals surface area contributed by atoms with Gasteiger partial charge in [-0.1, -0.05) is 6.42 Å². The average molecular weight is 418 g/mol. The van der Waals surface area contributed by atoms with E-state index in [0.29, 0.717) is 23.7 Å². The quantitative estimate of drug-likeness (QED) is 0.677. The number of rotatable bonds is 7. The SMILES string of the molecule is COc1ccc(NC(=O)C(=O)NCC(c2ccsc2)N2CCCCC2)cc1OC. The van der Waals surface area contributed by atoms with Gasteiger partial charge in [0.1, 0.15) is 0 Å². The Kier molecular flexibility index (Phi) is 7.48. The number of likely N-dealkylation sites (tertiary alicyclic amines) is 1. The maximum atomic E-state index is 12.4. The Bertz CT molecular complexity index is 819. The van der Waals surface area contributed by atoms with Crippen molar-refractivity contribution in [2.75, 3.05) is 39.2 Å². The van der Waals surface area contributed by atoms with E-state index in [2.05, 4.69) is 27.0 Å². The molecule has 0 radical (unpaired) electrons. The van der Waals surface area contributed by atoms with Crippen molar-refractivity contribution < 1.29 is 19.1 Å². The molecule has 1 saturated heterocycles. The number of hydrogen-bond acceptors (Lipinski definition) is 6. The zero-order chi connectivity index (χ0) is 20.6. The minimum Gasteiger partial charge on any atom is -0.493 e. The van der Waals surface area contributed by atoms with Crippen LogP contribution < -0.4 is 20.1 Å². The number of anilines is 1. The second-order valence-corrected chi connectivity index (χ2v) is 7.68. The number of piperidine rings is 1. The second kappa shape index (κ2) is 10.3. The highest BCUT2D eigenvalue weighted by molar-refractivity contribution is 7.08. The lowest BCUT2D eigenvalue weighted by molar-refractivity contribution is -0.136. The van der Waals surface area contributed by atoms with Gasteiger partial charge >= 0.3 is 11.8 Å². The van der Waals surface area contributed by atoms with Gasteiger partial charge in [0.05, 0.1) is 20.3 Å². The fourth-order valence-electron chi connectivity index (χ4n) is 3.52. The first-order chi connectivity index (χ1) is 14.1. The molecular weight excluding hydrogens is 390 g/mol. The minimum atomic E-state index is -0.708. The van der Waals surface area contributed by atoms with Crippen molar-refractivity contribution >= 4 is 28.8 Å². The van der Waals surface area contributed by atoms with E-state index in [1.165, 1.54) is 26.2 Å². The first kappa shape index (κ1) is 21.1. The van der Waals surface area contributed by atoms with Crippen molar-refractivity contribution in [1.29, 1.82) is 0 Å². The Morgan fingerprint density at radius 1 is 1.07 bits per heavy atom. The molecule has 0 spiro atoms. The number of methoxy groups -OCH3 is 2. The number of benzene rings is 1. The predicted octanol–water partition coefficient (Wildman–Crippen LogP) is 3.05. The number of nitrogens with one attached hydrogen (secondary N) is 2. The van der Waals surface area contributed by atoms with Crippen molar-refractivity contribution in [3.05, 3.63) is 40.6 Å². The van der Waals surface area contributed by atoms with Gasteiger partial charge in [-0.3, -0.25) is 14.5 Å². The normalized spacial score (nSPS) is 15.4. The summed E-state index contributed by atoms with van der Waals surface area (Å²) in [7, 11) is 3.05. The van der Waals surface area contributed by atoms with Crippen LogP contribution in [0.2, 0.25) is 0 Å². The summed E-state index contributed by atoms with van der Waals surface area (Å²) < 4.78 is 10.4. The summed E-state index contributed by atoms with van der Waals surface area (Å²) in [6.07, 6.45) is 3.57. The molecule has 2 N–H and O–H groups in total. The summed E-state index contributed by atoms with van der Waals surface area (Å²) in [6.45, 7) is 2.41. The van der Waals surface area contributed by atoms with Crippen molar-refractivity contribution in [3.8, 4) is 11.5 Å². The Morgan fingerprint density at radius 3 is 2.48 bits per heavy atom.